The molecule has 0 saturated heterocycles. The lowest BCUT2D eigenvalue weighted by Crippen LogP contribution is -2.06. The molecule has 0 saturated carbocycles. The van der Waals surface area contributed by atoms with E-state index in [1.807, 2.05) is 0 Å². The van der Waals surface area contributed by atoms with Gasteiger partial charge in [0.05, 0.1) is 4.92 Å². The highest BCUT2D eigenvalue weighted by Gasteiger charge is 2.15. The lowest BCUT2D eigenvalue weighted by molar-refractivity contribution is -0.383. The van der Waals surface area contributed by atoms with Crippen LogP contribution in [0.1, 0.15) is 0 Å². The zero-order valence-corrected chi connectivity index (χ0v) is 10.7. The standard InChI is InChI=1S/C15H9FN2O3/c16-10-6-4-9(5-7-10)12-8-14(19)17-15-11(12)2-1-3-13(15)18(20)21/h1-8H,(H,17,19). The van der Waals surface area contributed by atoms with E-state index in [0.717, 1.165) is 0 Å². The Morgan fingerprint density at radius 2 is 1.81 bits per heavy atom. The summed E-state index contributed by atoms with van der Waals surface area (Å²) in [5.74, 6) is -0.390. The fourth-order valence-corrected chi connectivity index (χ4v) is 2.28. The Morgan fingerprint density at radius 1 is 1.10 bits per heavy atom. The molecule has 2 aromatic carbocycles. The maximum absolute atomic E-state index is 13.0. The van der Waals surface area contributed by atoms with Gasteiger partial charge in [0, 0.05) is 17.5 Å². The zero-order chi connectivity index (χ0) is 15.0. The summed E-state index contributed by atoms with van der Waals surface area (Å²) in [6, 6.07) is 11.5. The van der Waals surface area contributed by atoms with Gasteiger partial charge in [0.2, 0.25) is 5.56 Å². The molecule has 0 fully saturated rings. The van der Waals surface area contributed by atoms with E-state index in [-0.39, 0.29) is 17.0 Å². The van der Waals surface area contributed by atoms with Gasteiger partial charge in [-0.25, -0.2) is 4.39 Å². The summed E-state index contributed by atoms with van der Waals surface area (Å²) in [7, 11) is 0. The molecule has 3 aromatic rings. The number of nitrogens with one attached hydrogen (secondary N) is 1. The Labute approximate surface area is 117 Å². The van der Waals surface area contributed by atoms with E-state index in [1.54, 1.807) is 12.1 Å². The Balaban J connectivity index is 2.38. The maximum atomic E-state index is 13.0. The van der Waals surface area contributed by atoms with Gasteiger partial charge in [0.1, 0.15) is 11.3 Å². The molecule has 1 N–H and O–H groups in total. The summed E-state index contributed by atoms with van der Waals surface area (Å²) in [6.45, 7) is 0. The molecule has 1 heterocycles. The lowest BCUT2D eigenvalue weighted by Gasteiger charge is -2.06. The highest BCUT2D eigenvalue weighted by Crippen LogP contribution is 2.30. The molecular weight excluding hydrogens is 275 g/mol. The van der Waals surface area contributed by atoms with Crippen molar-refractivity contribution in [2.75, 3.05) is 0 Å². The fraction of sp³-hybridized carbons (Fsp3) is 0. The predicted octanol–water partition coefficient (Wildman–Crippen LogP) is 3.24. The highest BCUT2D eigenvalue weighted by molar-refractivity contribution is 5.98. The van der Waals surface area contributed by atoms with Gasteiger partial charge in [-0.15, -0.1) is 0 Å². The summed E-state index contributed by atoms with van der Waals surface area (Å²) in [5.41, 5.74) is 0.685. The number of hydrogen-bond acceptors (Lipinski definition) is 3. The van der Waals surface area contributed by atoms with E-state index >= 15 is 0 Å². The number of fused-ring (bicyclic) bond motifs is 1. The van der Waals surface area contributed by atoms with E-state index in [4.69, 9.17) is 0 Å². The molecule has 0 unspecified atom stereocenters. The third-order valence-corrected chi connectivity index (χ3v) is 3.21. The van der Waals surface area contributed by atoms with Gasteiger partial charge in [0.25, 0.3) is 5.69 Å². The molecule has 0 aliphatic carbocycles. The fourth-order valence-electron chi connectivity index (χ4n) is 2.28. The van der Waals surface area contributed by atoms with Crippen LogP contribution in [0.4, 0.5) is 10.1 Å². The topological polar surface area (TPSA) is 76.0 Å². The molecule has 6 heteroatoms. The molecule has 0 aliphatic heterocycles. The maximum Gasteiger partial charge on any atom is 0.293 e. The average Bonchev–Trinajstić information content (AvgIpc) is 2.46. The van der Waals surface area contributed by atoms with Gasteiger partial charge >= 0.3 is 0 Å². The quantitative estimate of drug-likeness (QED) is 0.579. The summed E-state index contributed by atoms with van der Waals surface area (Å²) in [4.78, 5) is 24.8. The number of para-hydroxylation sites is 1. The number of aromatic amines is 1. The smallest absolute Gasteiger partial charge is 0.293 e. The van der Waals surface area contributed by atoms with Crippen LogP contribution in [0.15, 0.2) is 53.3 Å². The predicted molar refractivity (Wildman–Crippen MR) is 76.6 cm³/mol. The minimum Gasteiger partial charge on any atom is -0.316 e. The summed E-state index contributed by atoms with van der Waals surface area (Å²) in [5, 5.41) is 11.6. The van der Waals surface area contributed by atoms with Gasteiger partial charge in [0.15, 0.2) is 0 Å². The average molecular weight is 284 g/mol. The second-order valence-electron chi connectivity index (χ2n) is 4.51. The first-order chi connectivity index (χ1) is 10.1. The lowest BCUT2D eigenvalue weighted by atomic mass is 10.0. The summed E-state index contributed by atoms with van der Waals surface area (Å²) < 4.78 is 13.0. The van der Waals surface area contributed by atoms with Crippen LogP contribution in [0.2, 0.25) is 0 Å². The Morgan fingerprint density at radius 3 is 2.48 bits per heavy atom. The van der Waals surface area contributed by atoms with Gasteiger partial charge in [-0.05, 0) is 23.3 Å². The zero-order valence-electron chi connectivity index (χ0n) is 10.7. The van der Waals surface area contributed by atoms with Gasteiger partial charge in [-0.2, -0.15) is 0 Å². The van der Waals surface area contributed by atoms with Crippen molar-refractivity contribution in [2.45, 2.75) is 0 Å². The highest BCUT2D eigenvalue weighted by atomic mass is 19.1. The third-order valence-electron chi connectivity index (χ3n) is 3.21. The normalized spacial score (nSPS) is 10.7. The molecule has 3 rings (SSSR count). The molecule has 104 valence electrons. The summed E-state index contributed by atoms with van der Waals surface area (Å²) >= 11 is 0. The van der Waals surface area contributed by atoms with Crippen LogP contribution in [-0.2, 0) is 0 Å². The number of aromatic nitrogens is 1. The minimum atomic E-state index is -0.549. The number of pyridine rings is 1. The number of nitro benzene ring substituents is 1. The van der Waals surface area contributed by atoms with Crippen LogP contribution in [0.25, 0.3) is 22.0 Å². The van der Waals surface area contributed by atoms with E-state index in [2.05, 4.69) is 4.98 Å². The number of benzene rings is 2. The molecule has 0 aliphatic rings. The van der Waals surface area contributed by atoms with Crippen molar-refractivity contribution in [2.24, 2.45) is 0 Å². The Hall–Kier alpha value is -3.02. The minimum absolute atomic E-state index is 0.161. The number of halogens is 1. The first-order valence-corrected chi connectivity index (χ1v) is 6.12. The number of nitrogens with zero attached hydrogens (tertiary/aromatic N) is 1. The van der Waals surface area contributed by atoms with E-state index in [1.165, 1.54) is 36.4 Å². The molecule has 0 amide bonds. The first-order valence-electron chi connectivity index (χ1n) is 6.12. The van der Waals surface area contributed by atoms with Crippen molar-refractivity contribution >= 4 is 16.6 Å². The molecular formula is C15H9FN2O3. The van der Waals surface area contributed by atoms with Crippen LogP contribution in [-0.4, -0.2) is 9.91 Å². The van der Waals surface area contributed by atoms with Crippen molar-refractivity contribution in [3.05, 3.63) is 74.8 Å². The largest absolute Gasteiger partial charge is 0.316 e. The molecule has 21 heavy (non-hydrogen) atoms. The molecule has 0 spiro atoms. The molecule has 5 nitrogen and oxygen atoms in total. The molecule has 0 radical (unpaired) electrons. The van der Waals surface area contributed by atoms with Gasteiger partial charge < -0.3 is 4.98 Å². The van der Waals surface area contributed by atoms with Crippen molar-refractivity contribution in [1.29, 1.82) is 0 Å². The van der Waals surface area contributed by atoms with Crippen molar-refractivity contribution in [3.63, 3.8) is 0 Å². The van der Waals surface area contributed by atoms with Gasteiger partial charge in [-0.1, -0.05) is 24.3 Å². The second kappa shape index (κ2) is 4.82. The first kappa shape index (κ1) is 13.0. The third kappa shape index (κ3) is 2.27. The number of non-ortho nitro benzene ring substituents is 1. The Bertz CT molecular complexity index is 901. The van der Waals surface area contributed by atoms with Crippen LogP contribution in [0.5, 0.6) is 0 Å². The Kier molecular flexibility index (Phi) is 2.98. The van der Waals surface area contributed by atoms with Crippen LogP contribution >= 0.6 is 0 Å². The molecule has 0 atom stereocenters. The van der Waals surface area contributed by atoms with Crippen LogP contribution in [0.3, 0.4) is 0 Å². The molecule has 0 bridgehead atoms. The van der Waals surface area contributed by atoms with E-state index in [0.29, 0.717) is 16.5 Å². The molecule has 1 aromatic heterocycles. The van der Waals surface area contributed by atoms with Gasteiger partial charge in [-0.3, -0.25) is 14.9 Å². The van der Waals surface area contributed by atoms with Crippen molar-refractivity contribution in [1.82, 2.24) is 4.98 Å². The number of hydrogen-bond donors (Lipinski definition) is 1. The van der Waals surface area contributed by atoms with E-state index in [9.17, 15) is 19.3 Å². The number of nitro groups is 1. The monoisotopic (exact) mass is 284 g/mol. The van der Waals surface area contributed by atoms with Crippen molar-refractivity contribution < 1.29 is 9.31 Å². The van der Waals surface area contributed by atoms with E-state index < -0.39 is 10.5 Å². The summed E-state index contributed by atoms with van der Waals surface area (Å²) in [6.07, 6.45) is 0. The number of rotatable bonds is 2. The SMILES string of the molecule is O=c1cc(-c2ccc(F)cc2)c2cccc([N+](=O)[O-])c2[nH]1. The number of H-pyrrole nitrogens is 1. The van der Waals surface area contributed by atoms with Crippen molar-refractivity contribution in [3.8, 4) is 11.1 Å². The van der Waals surface area contributed by atoms with Crippen LogP contribution in [0, 0.1) is 15.9 Å². The second-order valence-corrected chi connectivity index (χ2v) is 4.51. The van der Waals surface area contributed by atoms with Crippen LogP contribution < -0.4 is 5.56 Å².